The van der Waals surface area contributed by atoms with Gasteiger partial charge in [0.15, 0.2) is 9.04 Å². The molecule has 2 saturated heterocycles. The van der Waals surface area contributed by atoms with Gasteiger partial charge >= 0.3 is 11.9 Å². The van der Waals surface area contributed by atoms with Gasteiger partial charge in [0, 0.05) is 17.4 Å². The predicted octanol–water partition coefficient (Wildman–Crippen LogP) is 1.70. The second kappa shape index (κ2) is 10.1. The van der Waals surface area contributed by atoms with E-state index in [4.69, 9.17) is 13.9 Å². The molecule has 0 aliphatic carbocycles. The Morgan fingerprint density at radius 3 is 2.35 bits per heavy atom. The standard InChI is InChI=1S/C21H37NO7SSi/c1-12(2)19(24)27-11-28-20(25)15-10-30(26)13(3)17-16(18(23)22(15)17)14(21(4,5)6)9-29-31(7)8/h12-17,31H,9-11H2,1-8H3/t13-,14-,15?,16+,17-,30?/m1/s1. The lowest BCUT2D eigenvalue weighted by Gasteiger charge is -2.58. The second-order valence-electron chi connectivity index (χ2n) is 10.1. The van der Waals surface area contributed by atoms with Crippen LogP contribution in [-0.2, 0) is 39.1 Å². The van der Waals surface area contributed by atoms with Crippen molar-refractivity contribution in [3.63, 3.8) is 0 Å². The van der Waals surface area contributed by atoms with Crippen molar-refractivity contribution in [3.05, 3.63) is 0 Å². The normalized spacial score (nSPS) is 29.4. The molecule has 8 nitrogen and oxygen atoms in total. The van der Waals surface area contributed by atoms with Crippen LogP contribution in [-0.4, -0.2) is 72.5 Å². The molecular weight excluding hydrogens is 438 g/mol. The van der Waals surface area contributed by atoms with Crippen molar-refractivity contribution in [1.29, 1.82) is 0 Å². The van der Waals surface area contributed by atoms with Gasteiger partial charge in [-0.2, -0.15) is 0 Å². The summed E-state index contributed by atoms with van der Waals surface area (Å²) in [6.45, 7) is 15.6. The lowest BCUT2D eigenvalue weighted by molar-refractivity contribution is -0.186. The Hall–Kier alpha value is -1.26. The number of β-lactam (4-membered cyclic amide) rings is 1. The number of ether oxygens (including phenoxy) is 2. The first kappa shape index (κ1) is 26.0. The molecule has 0 saturated carbocycles. The Balaban J connectivity index is 2.16. The Morgan fingerprint density at radius 1 is 1.23 bits per heavy atom. The monoisotopic (exact) mass is 475 g/mol. The zero-order valence-corrected chi connectivity index (χ0v) is 21.8. The Kier molecular flexibility index (Phi) is 8.49. The minimum Gasteiger partial charge on any atom is -0.428 e. The van der Waals surface area contributed by atoms with Crippen molar-refractivity contribution in [2.24, 2.45) is 23.2 Å². The highest BCUT2D eigenvalue weighted by Gasteiger charge is 2.62. The first-order valence-corrected chi connectivity index (χ1v) is 15.1. The molecule has 2 aliphatic heterocycles. The number of carbonyl (C=O) groups is 3. The van der Waals surface area contributed by atoms with Gasteiger partial charge in [-0.05, 0) is 31.4 Å². The van der Waals surface area contributed by atoms with E-state index < -0.39 is 44.6 Å². The van der Waals surface area contributed by atoms with Crippen molar-refractivity contribution < 1.29 is 32.5 Å². The summed E-state index contributed by atoms with van der Waals surface area (Å²) in [4.78, 5) is 39.0. The van der Waals surface area contributed by atoms with E-state index in [1.165, 1.54) is 4.90 Å². The smallest absolute Gasteiger partial charge is 0.332 e. The third-order valence-electron chi connectivity index (χ3n) is 6.08. The van der Waals surface area contributed by atoms with E-state index in [0.717, 1.165) is 0 Å². The number of hydrogen-bond acceptors (Lipinski definition) is 7. The first-order valence-electron chi connectivity index (χ1n) is 10.9. The van der Waals surface area contributed by atoms with Gasteiger partial charge in [0.05, 0.1) is 28.9 Å². The Labute approximate surface area is 189 Å². The Morgan fingerprint density at radius 2 is 1.84 bits per heavy atom. The van der Waals surface area contributed by atoms with E-state index in [1.807, 2.05) is 6.92 Å². The molecule has 0 N–H and O–H groups in total. The van der Waals surface area contributed by atoms with Crippen LogP contribution in [0, 0.1) is 23.2 Å². The highest BCUT2D eigenvalue weighted by Crippen LogP contribution is 2.46. The number of nitrogens with zero attached hydrogens (tertiary/aromatic N) is 1. The highest BCUT2D eigenvalue weighted by molar-refractivity contribution is 7.85. The summed E-state index contributed by atoms with van der Waals surface area (Å²) in [5.41, 5.74) is -0.185. The van der Waals surface area contributed by atoms with Crippen LogP contribution in [0.2, 0.25) is 13.1 Å². The fourth-order valence-corrected chi connectivity index (χ4v) is 6.28. The molecule has 10 heteroatoms. The summed E-state index contributed by atoms with van der Waals surface area (Å²) >= 11 is 0. The molecule has 2 heterocycles. The average molecular weight is 476 g/mol. The van der Waals surface area contributed by atoms with Crippen LogP contribution in [0.1, 0.15) is 41.5 Å². The fourth-order valence-electron chi connectivity index (χ4n) is 4.17. The molecule has 2 unspecified atom stereocenters. The van der Waals surface area contributed by atoms with Gasteiger partial charge in [-0.1, -0.05) is 34.6 Å². The maximum absolute atomic E-state index is 13.3. The average Bonchev–Trinajstić information content (AvgIpc) is 2.65. The zero-order chi connectivity index (χ0) is 23.7. The number of fused-ring (bicyclic) bond motifs is 1. The number of hydrogen-bond donors (Lipinski definition) is 0. The number of amides is 1. The van der Waals surface area contributed by atoms with Crippen LogP contribution >= 0.6 is 0 Å². The number of carbonyl (C=O) groups excluding carboxylic acids is 3. The van der Waals surface area contributed by atoms with Gasteiger partial charge in [0.2, 0.25) is 12.7 Å². The zero-order valence-electron chi connectivity index (χ0n) is 19.9. The van der Waals surface area contributed by atoms with Crippen LogP contribution in [0.4, 0.5) is 0 Å². The first-order chi connectivity index (χ1) is 14.3. The van der Waals surface area contributed by atoms with Crippen molar-refractivity contribution in [1.82, 2.24) is 4.90 Å². The molecule has 2 fully saturated rings. The lowest BCUT2D eigenvalue weighted by Crippen LogP contribution is -2.76. The van der Waals surface area contributed by atoms with Gasteiger partial charge in [-0.25, -0.2) is 4.79 Å². The van der Waals surface area contributed by atoms with E-state index in [0.29, 0.717) is 6.61 Å². The van der Waals surface area contributed by atoms with Gasteiger partial charge in [0.1, 0.15) is 6.04 Å². The maximum atomic E-state index is 13.3. The van der Waals surface area contributed by atoms with E-state index in [9.17, 15) is 18.6 Å². The summed E-state index contributed by atoms with van der Waals surface area (Å²) < 4.78 is 28.8. The second-order valence-corrected chi connectivity index (χ2v) is 14.4. The van der Waals surface area contributed by atoms with Crippen LogP contribution < -0.4 is 0 Å². The minimum absolute atomic E-state index is 0.0304. The molecule has 178 valence electrons. The van der Waals surface area contributed by atoms with E-state index >= 15 is 0 Å². The lowest BCUT2D eigenvalue weighted by atomic mass is 9.65. The van der Waals surface area contributed by atoms with Crippen LogP contribution in [0.3, 0.4) is 0 Å². The molecule has 0 aromatic rings. The van der Waals surface area contributed by atoms with Crippen molar-refractivity contribution in [2.75, 3.05) is 19.2 Å². The molecule has 2 rings (SSSR count). The third-order valence-corrected chi connectivity index (χ3v) is 8.69. The molecule has 0 aromatic carbocycles. The molecule has 0 bridgehead atoms. The molecule has 31 heavy (non-hydrogen) atoms. The van der Waals surface area contributed by atoms with Gasteiger partial charge in [-0.15, -0.1) is 0 Å². The minimum atomic E-state index is -1.28. The fraction of sp³-hybridized carbons (Fsp3) is 0.857. The molecule has 1 amide bonds. The van der Waals surface area contributed by atoms with Crippen molar-refractivity contribution in [2.45, 2.75) is 72.0 Å². The summed E-state index contributed by atoms with van der Waals surface area (Å²) in [5.74, 6) is -1.99. The summed E-state index contributed by atoms with van der Waals surface area (Å²) in [7, 11) is -2.55. The van der Waals surface area contributed by atoms with Crippen molar-refractivity contribution in [3.8, 4) is 0 Å². The van der Waals surface area contributed by atoms with Crippen LogP contribution in [0.15, 0.2) is 0 Å². The maximum Gasteiger partial charge on any atom is 0.332 e. The van der Waals surface area contributed by atoms with Crippen LogP contribution in [0.25, 0.3) is 0 Å². The van der Waals surface area contributed by atoms with Gasteiger partial charge in [-0.3, -0.25) is 13.8 Å². The third kappa shape index (κ3) is 5.76. The summed E-state index contributed by atoms with van der Waals surface area (Å²) in [6, 6.07) is -1.23. The van der Waals surface area contributed by atoms with E-state index in [-0.39, 0.29) is 46.1 Å². The quantitative estimate of drug-likeness (QED) is 0.228. The number of rotatable bonds is 8. The topological polar surface area (TPSA) is 99.2 Å². The largest absolute Gasteiger partial charge is 0.428 e. The molecule has 2 aliphatic rings. The molecule has 0 spiro atoms. The highest BCUT2D eigenvalue weighted by atomic mass is 32.2. The van der Waals surface area contributed by atoms with E-state index in [1.54, 1.807) is 13.8 Å². The van der Waals surface area contributed by atoms with Crippen LogP contribution in [0.5, 0.6) is 0 Å². The van der Waals surface area contributed by atoms with E-state index in [2.05, 4.69) is 33.9 Å². The molecule has 0 aromatic heterocycles. The number of esters is 2. The summed E-state index contributed by atoms with van der Waals surface area (Å²) in [6.07, 6.45) is 0. The molecule has 0 radical (unpaired) electrons. The van der Waals surface area contributed by atoms with Crippen molar-refractivity contribution >= 4 is 37.7 Å². The van der Waals surface area contributed by atoms with Gasteiger partial charge in [0.25, 0.3) is 0 Å². The molecule has 6 atom stereocenters. The SMILES string of the molecule is CC(C)C(=O)OCOC(=O)C1CS(=O)[C@H](C)[C@@H]2[C@H]([C@@H](CO[SiH](C)C)C(C)(C)C)C(=O)N12. The Bertz CT molecular complexity index is 721. The predicted molar refractivity (Wildman–Crippen MR) is 120 cm³/mol. The van der Waals surface area contributed by atoms with Gasteiger partial charge < -0.3 is 18.8 Å². The molecular formula is C21H37NO7SSi. The summed E-state index contributed by atoms with van der Waals surface area (Å²) in [5, 5.41) is -0.244.